The second-order valence-electron chi connectivity index (χ2n) is 2.84. The fourth-order valence-electron chi connectivity index (χ4n) is 1.07. The minimum Gasteiger partial charge on any atom is -0.592 e. The molecule has 94 valence electrons. The highest BCUT2D eigenvalue weighted by Gasteiger charge is 2.30. The molecule has 0 atom stereocenters. The maximum atomic E-state index is 11.4. The molecule has 0 unspecified atom stereocenters. The van der Waals surface area contributed by atoms with Gasteiger partial charge in [0.25, 0.3) is 0 Å². The summed E-state index contributed by atoms with van der Waals surface area (Å²) in [4.78, 5) is 8.75. The van der Waals surface area contributed by atoms with E-state index in [2.05, 4.69) is 25.3 Å². The predicted molar refractivity (Wildman–Crippen MR) is 52.1 cm³/mol. The number of hydrogen-bond donors (Lipinski definition) is 0. The van der Waals surface area contributed by atoms with Crippen LogP contribution in [0.25, 0.3) is 0 Å². The molecule has 0 saturated carbocycles. The lowest BCUT2D eigenvalue weighted by Gasteiger charge is -2.09. The van der Waals surface area contributed by atoms with Gasteiger partial charge in [0.2, 0.25) is 10.6 Å². The average molecular weight is 244 g/mol. The van der Waals surface area contributed by atoms with Crippen molar-refractivity contribution in [3.63, 3.8) is 0 Å². The Kier molecular flexibility index (Phi) is 4.66. The topological polar surface area (TPSA) is 113 Å². The lowest BCUT2D eigenvalue weighted by molar-refractivity contribution is -0.798. The van der Waals surface area contributed by atoms with Crippen LogP contribution in [0, 0.1) is 10.4 Å². The Morgan fingerprint density at radius 3 is 2.29 bits per heavy atom. The molecule has 1 aromatic heterocycles. The van der Waals surface area contributed by atoms with Crippen molar-refractivity contribution >= 4 is 0 Å². The number of rotatable bonds is 6. The third-order valence-electron chi connectivity index (χ3n) is 1.74. The van der Waals surface area contributed by atoms with Crippen LogP contribution in [-0.4, -0.2) is 39.9 Å². The van der Waals surface area contributed by atoms with Gasteiger partial charge in [-0.3, -0.25) is 4.68 Å². The van der Waals surface area contributed by atoms with Gasteiger partial charge in [0.1, 0.15) is 14.2 Å². The molecule has 0 N–H and O–H groups in total. The first-order chi connectivity index (χ1) is 8.19. The van der Waals surface area contributed by atoms with Crippen LogP contribution in [0.15, 0.2) is 29.0 Å². The third kappa shape index (κ3) is 3.59. The smallest absolute Gasteiger partial charge is 0.435 e. The van der Waals surface area contributed by atoms with E-state index in [1.54, 1.807) is 12.3 Å². The molecule has 0 spiro atoms. The Balaban J connectivity index is 2.86. The average Bonchev–Trinajstić information content (AvgIpc) is 2.79. The zero-order valence-electron chi connectivity index (χ0n) is 9.33. The van der Waals surface area contributed by atoms with Crippen molar-refractivity contribution in [1.29, 1.82) is 0 Å². The zero-order valence-corrected chi connectivity index (χ0v) is 9.33. The van der Waals surface area contributed by atoms with Crippen LogP contribution in [0.4, 0.5) is 0 Å². The fourth-order valence-corrected chi connectivity index (χ4v) is 1.07. The van der Waals surface area contributed by atoms with Crippen LogP contribution in [-0.2, 0) is 16.2 Å². The Morgan fingerprint density at radius 1 is 1.29 bits per heavy atom. The van der Waals surface area contributed by atoms with Gasteiger partial charge in [-0.05, 0) is 6.07 Å². The molecule has 0 bridgehead atoms. The van der Waals surface area contributed by atoms with E-state index in [0.717, 1.165) is 0 Å². The molecule has 0 saturated heterocycles. The Hall–Kier alpha value is -2.39. The number of aromatic nitrogens is 2. The summed E-state index contributed by atoms with van der Waals surface area (Å²) in [7, 11) is 2.39. The lowest BCUT2D eigenvalue weighted by atomic mass is 10.5. The molecule has 0 aromatic carbocycles. The van der Waals surface area contributed by atoms with E-state index in [1.165, 1.54) is 25.1 Å². The van der Waals surface area contributed by atoms with Crippen molar-refractivity contribution in [3.8, 4) is 0 Å². The molecule has 1 aromatic rings. The van der Waals surface area contributed by atoms with Gasteiger partial charge in [-0.2, -0.15) is 5.10 Å². The molecule has 0 amide bonds. The SMILES string of the molecule is CON=[N+]([O-])C(Cn1cccn1)[N+]([O-])=NOC. The van der Waals surface area contributed by atoms with Crippen LogP contribution >= 0.6 is 0 Å². The highest BCUT2D eigenvalue weighted by molar-refractivity contribution is 4.77. The Labute approximate surface area is 96.4 Å². The molecule has 0 fully saturated rings. The molecular formula is C7H12N6O4. The molecule has 10 heteroatoms. The summed E-state index contributed by atoms with van der Waals surface area (Å²) in [5, 5.41) is 32.9. The first-order valence-electron chi connectivity index (χ1n) is 4.57. The largest absolute Gasteiger partial charge is 0.592 e. The van der Waals surface area contributed by atoms with E-state index in [0.29, 0.717) is 0 Å². The van der Waals surface area contributed by atoms with Crippen LogP contribution < -0.4 is 0 Å². The van der Waals surface area contributed by atoms with Crippen molar-refractivity contribution < 1.29 is 19.4 Å². The second-order valence-corrected chi connectivity index (χ2v) is 2.84. The zero-order chi connectivity index (χ0) is 12.7. The summed E-state index contributed by atoms with van der Waals surface area (Å²) in [6.45, 7) is -0.0419. The summed E-state index contributed by atoms with van der Waals surface area (Å²) in [5.41, 5.74) is 0. The number of hydrogen-bond acceptors (Lipinski definition) is 7. The second kappa shape index (κ2) is 6.25. The molecule has 0 aliphatic rings. The monoisotopic (exact) mass is 244 g/mol. The first kappa shape index (κ1) is 12.7. The van der Waals surface area contributed by atoms with Gasteiger partial charge >= 0.3 is 6.17 Å². The summed E-state index contributed by atoms with van der Waals surface area (Å²) < 4.78 is 1.39. The standard InChI is InChI=1S/C7H12N6O4/c1-16-9-12(14)7(13(15)10-17-2)6-11-5-3-4-8-11/h3-5,7H,6H2,1-2H3. The van der Waals surface area contributed by atoms with Gasteiger partial charge in [-0.15, -0.1) is 0 Å². The van der Waals surface area contributed by atoms with Gasteiger partial charge in [-0.1, -0.05) is 0 Å². The molecule has 0 aliphatic heterocycles. The maximum Gasteiger partial charge on any atom is 0.435 e. The van der Waals surface area contributed by atoms with Crippen molar-refractivity contribution in [2.45, 2.75) is 12.7 Å². The summed E-state index contributed by atoms with van der Waals surface area (Å²) in [6.07, 6.45) is 1.84. The van der Waals surface area contributed by atoms with Crippen LogP contribution in [0.5, 0.6) is 0 Å². The molecule has 1 heterocycles. The normalized spacial score (nSPS) is 14.5. The van der Waals surface area contributed by atoms with Crippen LogP contribution in [0.2, 0.25) is 0 Å². The quantitative estimate of drug-likeness (QED) is 0.308. The predicted octanol–water partition coefficient (Wildman–Crippen LogP) is 0.257. The minimum atomic E-state index is -1.27. The van der Waals surface area contributed by atoms with E-state index in [9.17, 15) is 10.4 Å². The molecular weight excluding hydrogens is 232 g/mol. The lowest BCUT2D eigenvalue weighted by Crippen LogP contribution is -2.34. The highest BCUT2D eigenvalue weighted by atomic mass is 16.7. The first-order valence-corrected chi connectivity index (χ1v) is 4.57. The van der Waals surface area contributed by atoms with Gasteiger partial charge < -0.3 is 20.1 Å². The van der Waals surface area contributed by atoms with Crippen LogP contribution in [0.3, 0.4) is 0 Å². The molecule has 1 rings (SSSR count). The van der Waals surface area contributed by atoms with Crippen molar-refractivity contribution in [2.24, 2.45) is 10.6 Å². The van der Waals surface area contributed by atoms with Gasteiger partial charge in [0, 0.05) is 22.1 Å². The van der Waals surface area contributed by atoms with Crippen molar-refractivity contribution in [2.75, 3.05) is 14.2 Å². The van der Waals surface area contributed by atoms with Crippen molar-refractivity contribution in [1.82, 2.24) is 9.78 Å². The molecule has 0 aliphatic carbocycles. The van der Waals surface area contributed by atoms with E-state index < -0.39 is 6.17 Å². The Morgan fingerprint density at radius 2 is 1.88 bits per heavy atom. The highest BCUT2D eigenvalue weighted by Crippen LogP contribution is 2.00. The number of nitrogens with zero attached hydrogens (tertiary/aromatic N) is 6. The molecule has 10 nitrogen and oxygen atoms in total. The van der Waals surface area contributed by atoms with E-state index in [1.807, 2.05) is 0 Å². The Bertz CT molecular complexity index is 369. The molecule has 17 heavy (non-hydrogen) atoms. The van der Waals surface area contributed by atoms with E-state index >= 15 is 0 Å². The van der Waals surface area contributed by atoms with Crippen LogP contribution in [0.1, 0.15) is 0 Å². The van der Waals surface area contributed by atoms with E-state index in [-0.39, 0.29) is 16.3 Å². The molecule has 0 radical (unpaired) electrons. The third-order valence-corrected chi connectivity index (χ3v) is 1.74. The van der Waals surface area contributed by atoms with Gasteiger partial charge in [-0.25, -0.2) is 0 Å². The minimum absolute atomic E-state index is 0.0419. The number of hydroxylamine groups is 2. The fraction of sp³-hybridized carbons (Fsp3) is 0.571. The summed E-state index contributed by atoms with van der Waals surface area (Å²) in [6, 6.07) is 1.66. The van der Waals surface area contributed by atoms with Gasteiger partial charge in [0.15, 0.2) is 6.54 Å². The van der Waals surface area contributed by atoms with Crippen molar-refractivity contribution in [3.05, 3.63) is 28.9 Å². The van der Waals surface area contributed by atoms with E-state index in [4.69, 9.17) is 0 Å². The summed E-state index contributed by atoms with van der Waals surface area (Å²) in [5.74, 6) is 0. The van der Waals surface area contributed by atoms with Gasteiger partial charge in [0.05, 0.1) is 0 Å². The maximum absolute atomic E-state index is 11.4. The summed E-state index contributed by atoms with van der Waals surface area (Å²) >= 11 is 0.